The Kier molecular flexibility index (Phi) is 4.48. The number of carbonyl (C=O) groups excluding carboxylic acids is 3. The molecule has 2 aromatic rings. The highest BCUT2D eigenvalue weighted by molar-refractivity contribution is 6.19. The molecule has 0 saturated heterocycles. The summed E-state index contributed by atoms with van der Waals surface area (Å²) in [6.07, 6.45) is 1.45. The molecule has 1 aromatic heterocycles. The van der Waals surface area contributed by atoms with Gasteiger partial charge in [-0.3, -0.25) is 14.5 Å². The number of likely N-dealkylation sites (N-methyl/N-ethyl adjacent to an activating group) is 1. The van der Waals surface area contributed by atoms with E-state index in [2.05, 4.69) is 0 Å². The summed E-state index contributed by atoms with van der Waals surface area (Å²) in [7, 11) is 1.31. The number of nitriles is 1. The van der Waals surface area contributed by atoms with Gasteiger partial charge in [0, 0.05) is 18.2 Å². The third kappa shape index (κ3) is 3.16. The minimum atomic E-state index is -1.30. The molecule has 0 radical (unpaired) electrons. The van der Waals surface area contributed by atoms with Crippen LogP contribution in [0.5, 0.6) is 0 Å². The van der Waals surface area contributed by atoms with Crippen molar-refractivity contribution in [3.8, 4) is 17.4 Å². The molecule has 0 saturated carbocycles. The Morgan fingerprint density at radius 1 is 1.22 bits per heavy atom. The van der Waals surface area contributed by atoms with Crippen molar-refractivity contribution in [1.29, 1.82) is 5.26 Å². The zero-order valence-corrected chi connectivity index (χ0v) is 14.5. The minimum Gasteiger partial charge on any atom is -0.545 e. The second kappa shape index (κ2) is 6.77. The van der Waals surface area contributed by atoms with E-state index in [1.807, 2.05) is 6.07 Å². The van der Waals surface area contributed by atoms with Crippen LogP contribution in [0.15, 0.2) is 57.5 Å². The average Bonchev–Trinajstić information content (AvgIpc) is 3.13. The van der Waals surface area contributed by atoms with Crippen molar-refractivity contribution in [2.24, 2.45) is 0 Å². The standard InChI is InChI=1S/C20H14N2O5/c1-11-15(18(23)22(2)19(24)16(11)10-21)9-14-6-7-17(27-14)12-4-3-5-13(8-12)20(25)26/h3-9H,1-2H3,(H,25,26)/p-1. The Hall–Kier alpha value is -3.92. The van der Waals surface area contributed by atoms with Crippen molar-refractivity contribution in [1.82, 2.24) is 4.90 Å². The minimum absolute atomic E-state index is 0.0174. The molecule has 0 unspecified atom stereocenters. The zero-order chi connectivity index (χ0) is 19.7. The van der Waals surface area contributed by atoms with Crippen LogP contribution in [0.3, 0.4) is 0 Å². The molecule has 7 heteroatoms. The molecule has 0 fully saturated rings. The fourth-order valence-electron chi connectivity index (χ4n) is 2.72. The summed E-state index contributed by atoms with van der Waals surface area (Å²) < 4.78 is 5.68. The van der Waals surface area contributed by atoms with E-state index in [9.17, 15) is 24.8 Å². The monoisotopic (exact) mass is 361 g/mol. The Balaban J connectivity index is 2.02. The number of carbonyl (C=O) groups is 3. The number of nitrogens with zero attached hydrogens (tertiary/aromatic N) is 2. The zero-order valence-electron chi connectivity index (χ0n) is 14.5. The lowest BCUT2D eigenvalue weighted by Crippen LogP contribution is -2.39. The third-order valence-electron chi connectivity index (χ3n) is 4.24. The maximum atomic E-state index is 12.4. The molecular weight excluding hydrogens is 348 g/mol. The van der Waals surface area contributed by atoms with Crippen molar-refractivity contribution in [2.45, 2.75) is 6.92 Å². The van der Waals surface area contributed by atoms with Gasteiger partial charge in [-0.25, -0.2) is 0 Å². The molecule has 0 spiro atoms. The molecule has 134 valence electrons. The van der Waals surface area contributed by atoms with E-state index >= 15 is 0 Å². The summed E-state index contributed by atoms with van der Waals surface area (Å²) in [5.74, 6) is -1.74. The number of imide groups is 1. The molecular formula is C20H13N2O5-. The summed E-state index contributed by atoms with van der Waals surface area (Å²) in [5, 5.41) is 20.2. The first-order valence-corrected chi connectivity index (χ1v) is 7.90. The summed E-state index contributed by atoms with van der Waals surface area (Å²) in [6, 6.07) is 11.1. The topological polar surface area (TPSA) is 114 Å². The molecule has 0 aliphatic carbocycles. The van der Waals surface area contributed by atoms with Crippen LogP contribution < -0.4 is 5.11 Å². The molecule has 7 nitrogen and oxygen atoms in total. The Morgan fingerprint density at radius 3 is 2.63 bits per heavy atom. The van der Waals surface area contributed by atoms with Crippen LogP contribution in [0.1, 0.15) is 23.0 Å². The van der Waals surface area contributed by atoms with Gasteiger partial charge in [0.15, 0.2) is 0 Å². The van der Waals surface area contributed by atoms with Gasteiger partial charge in [-0.05, 0) is 42.3 Å². The molecule has 2 amide bonds. The van der Waals surface area contributed by atoms with Gasteiger partial charge in [0.05, 0.1) is 5.97 Å². The van der Waals surface area contributed by atoms with Crippen molar-refractivity contribution in [2.75, 3.05) is 7.05 Å². The first-order chi connectivity index (χ1) is 12.8. The predicted molar refractivity (Wildman–Crippen MR) is 92.5 cm³/mol. The molecule has 3 rings (SSSR count). The van der Waals surface area contributed by atoms with E-state index in [4.69, 9.17) is 4.42 Å². The van der Waals surface area contributed by atoms with Crippen LogP contribution in [-0.2, 0) is 9.59 Å². The third-order valence-corrected chi connectivity index (χ3v) is 4.24. The van der Waals surface area contributed by atoms with Crippen molar-refractivity contribution < 1.29 is 23.9 Å². The van der Waals surface area contributed by atoms with Crippen LogP contribution in [0.25, 0.3) is 17.4 Å². The Morgan fingerprint density at radius 2 is 1.96 bits per heavy atom. The number of aromatic carboxylic acids is 1. The van der Waals surface area contributed by atoms with Gasteiger partial charge in [-0.15, -0.1) is 0 Å². The first-order valence-electron chi connectivity index (χ1n) is 7.90. The van der Waals surface area contributed by atoms with Gasteiger partial charge < -0.3 is 14.3 Å². The van der Waals surface area contributed by atoms with Crippen LogP contribution in [0.2, 0.25) is 0 Å². The number of furan rings is 1. The highest BCUT2D eigenvalue weighted by Crippen LogP contribution is 2.28. The van der Waals surface area contributed by atoms with Gasteiger partial charge in [0.2, 0.25) is 0 Å². The van der Waals surface area contributed by atoms with Gasteiger partial charge in [0.1, 0.15) is 23.2 Å². The number of hydrogen-bond donors (Lipinski definition) is 0. The predicted octanol–water partition coefficient (Wildman–Crippen LogP) is 1.53. The molecule has 1 aliphatic heterocycles. The lowest BCUT2D eigenvalue weighted by Gasteiger charge is -2.23. The van der Waals surface area contributed by atoms with E-state index < -0.39 is 17.8 Å². The Labute approximate surface area is 154 Å². The van der Waals surface area contributed by atoms with E-state index in [0.717, 1.165) is 4.90 Å². The number of carboxylic acids is 1. The summed E-state index contributed by atoms with van der Waals surface area (Å²) >= 11 is 0. The molecule has 0 atom stereocenters. The van der Waals surface area contributed by atoms with Gasteiger partial charge >= 0.3 is 0 Å². The number of hydrogen-bond acceptors (Lipinski definition) is 6. The lowest BCUT2D eigenvalue weighted by atomic mass is 9.95. The normalized spacial score (nSPS) is 16.0. The molecule has 27 heavy (non-hydrogen) atoms. The number of amides is 2. The summed E-state index contributed by atoms with van der Waals surface area (Å²) in [6.45, 7) is 1.53. The highest BCUT2D eigenvalue weighted by Gasteiger charge is 2.33. The SMILES string of the molecule is CC1=C(C#N)C(=O)N(C)C(=O)C1=Cc1ccc(-c2cccc(C(=O)[O-])c2)o1. The summed E-state index contributed by atoms with van der Waals surface area (Å²) in [5.41, 5.74) is 0.912. The van der Waals surface area contributed by atoms with Crippen LogP contribution in [0.4, 0.5) is 0 Å². The van der Waals surface area contributed by atoms with Gasteiger partial charge in [-0.1, -0.05) is 18.2 Å². The molecule has 2 heterocycles. The second-order valence-corrected chi connectivity index (χ2v) is 5.91. The number of carboxylic acid groups (broad SMARTS) is 1. The first kappa shape index (κ1) is 17.9. The summed E-state index contributed by atoms with van der Waals surface area (Å²) in [4.78, 5) is 36.2. The van der Waals surface area contributed by atoms with Crippen molar-refractivity contribution >= 4 is 23.9 Å². The van der Waals surface area contributed by atoms with E-state index in [1.165, 1.54) is 32.2 Å². The quantitative estimate of drug-likeness (QED) is 0.605. The van der Waals surface area contributed by atoms with E-state index in [1.54, 1.807) is 24.3 Å². The van der Waals surface area contributed by atoms with Gasteiger partial charge in [-0.2, -0.15) is 5.26 Å². The highest BCUT2D eigenvalue weighted by atomic mass is 16.4. The molecule has 1 aromatic carbocycles. The maximum Gasteiger partial charge on any atom is 0.271 e. The number of rotatable bonds is 3. The van der Waals surface area contributed by atoms with Crippen molar-refractivity contribution in [3.63, 3.8) is 0 Å². The molecule has 0 bridgehead atoms. The molecule has 1 aliphatic rings. The van der Waals surface area contributed by atoms with Gasteiger partial charge in [0.25, 0.3) is 11.8 Å². The van der Waals surface area contributed by atoms with Crippen LogP contribution in [0, 0.1) is 11.3 Å². The molecule has 0 N–H and O–H groups in total. The smallest absolute Gasteiger partial charge is 0.271 e. The fourth-order valence-corrected chi connectivity index (χ4v) is 2.72. The Bertz CT molecular complexity index is 1080. The van der Waals surface area contributed by atoms with Crippen molar-refractivity contribution in [3.05, 3.63) is 64.4 Å². The number of benzene rings is 1. The second-order valence-electron chi connectivity index (χ2n) is 5.91. The van der Waals surface area contributed by atoms with E-state index in [0.29, 0.717) is 17.1 Å². The lowest BCUT2D eigenvalue weighted by molar-refractivity contribution is -0.255. The largest absolute Gasteiger partial charge is 0.545 e. The van der Waals surface area contributed by atoms with Crippen LogP contribution >= 0.6 is 0 Å². The van der Waals surface area contributed by atoms with E-state index in [-0.39, 0.29) is 22.3 Å². The van der Waals surface area contributed by atoms with Crippen LogP contribution in [-0.4, -0.2) is 29.7 Å². The average molecular weight is 361 g/mol. The maximum absolute atomic E-state index is 12.4. The fraction of sp³-hybridized carbons (Fsp3) is 0.100.